The van der Waals surface area contributed by atoms with Crippen LogP contribution in [0.25, 0.3) is 22.0 Å². The van der Waals surface area contributed by atoms with Crippen LogP contribution in [0.15, 0.2) is 103 Å². The van der Waals surface area contributed by atoms with Gasteiger partial charge < -0.3 is 9.72 Å². The average Bonchev–Trinajstić information content (AvgIpc) is 3.31. The van der Waals surface area contributed by atoms with E-state index in [4.69, 9.17) is 4.74 Å². The standard InChI is InChI=1S/C29H22N2O2/c1-33-20-10-8-9-19(17-20)29(32)31-27-16-7-5-13-23(27)21-11-2-3-14-24(21)28(31)25-18-30-26-15-6-4-12-22(25)26/h2-18,28,30H,1H3. The normalized spacial score (nSPS) is 14.6. The Kier molecular flexibility index (Phi) is 4.51. The lowest BCUT2D eigenvalue weighted by atomic mass is 9.84. The molecule has 0 fully saturated rings. The van der Waals surface area contributed by atoms with Crippen LogP contribution in [-0.4, -0.2) is 18.0 Å². The number of anilines is 1. The van der Waals surface area contributed by atoms with Crippen molar-refractivity contribution in [2.75, 3.05) is 12.0 Å². The molecule has 1 N–H and O–H groups in total. The van der Waals surface area contributed by atoms with Gasteiger partial charge in [-0.25, -0.2) is 0 Å². The number of aromatic amines is 1. The maximum absolute atomic E-state index is 14.1. The second-order valence-electron chi connectivity index (χ2n) is 8.20. The number of aromatic nitrogens is 1. The minimum Gasteiger partial charge on any atom is -0.497 e. The molecule has 5 aromatic rings. The number of rotatable bonds is 3. The lowest BCUT2D eigenvalue weighted by Crippen LogP contribution is -2.38. The predicted octanol–water partition coefficient (Wildman–Crippen LogP) is 6.59. The van der Waals surface area contributed by atoms with Crippen LogP contribution < -0.4 is 9.64 Å². The molecule has 33 heavy (non-hydrogen) atoms. The van der Waals surface area contributed by atoms with E-state index >= 15 is 0 Å². The Morgan fingerprint density at radius 1 is 0.818 bits per heavy atom. The fraction of sp³-hybridized carbons (Fsp3) is 0.0690. The Bertz CT molecular complexity index is 1500. The molecule has 1 aliphatic rings. The number of nitrogens with zero attached hydrogens (tertiary/aromatic N) is 1. The van der Waals surface area contributed by atoms with E-state index in [0.717, 1.165) is 38.8 Å². The lowest BCUT2D eigenvalue weighted by molar-refractivity contribution is 0.0979. The lowest BCUT2D eigenvalue weighted by Gasteiger charge is -2.39. The van der Waals surface area contributed by atoms with E-state index in [2.05, 4.69) is 41.4 Å². The molecule has 1 unspecified atom stereocenters. The van der Waals surface area contributed by atoms with E-state index in [1.54, 1.807) is 13.2 Å². The fourth-order valence-corrected chi connectivity index (χ4v) is 4.92. The summed E-state index contributed by atoms with van der Waals surface area (Å²) < 4.78 is 5.40. The van der Waals surface area contributed by atoms with Crippen LogP contribution >= 0.6 is 0 Å². The van der Waals surface area contributed by atoms with Crippen molar-refractivity contribution in [3.8, 4) is 16.9 Å². The monoisotopic (exact) mass is 430 g/mol. The number of carbonyl (C=O) groups is 1. The molecule has 0 bridgehead atoms. The Labute approximate surface area is 192 Å². The predicted molar refractivity (Wildman–Crippen MR) is 132 cm³/mol. The molecule has 0 saturated heterocycles. The molecule has 0 spiro atoms. The number of benzene rings is 4. The molecular formula is C29H22N2O2. The number of hydrogen-bond donors (Lipinski definition) is 1. The zero-order valence-electron chi connectivity index (χ0n) is 18.2. The zero-order valence-corrected chi connectivity index (χ0v) is 18.2. The minimum atomic E-state index is -0.272. The highest BCUT2D eigenvalue weighted by Crippen LogP contribution is 2.48. The van der Waals surface area contributed by atoms with Crippen molar-refractivity contribution in [3.63, 3.8) is 0 Å². The summed E-state index contributed by atoms with van der Waals surface area (Å²) in [6.45, 7) is 0. The summed E-state index contributed by atoms with van der Waals surface area (Å²) in [4.78, 5) is 19.5. The minimum absolute atomic E-state index is 0.0638. The molecule has 4 heteroatoms. The van der Waals surface area contributed by atoms with Gasteiger partial charge in [0.05, 0.1) is 18.8 Å². The number of nitrogens with one attached hydrogen (secondary N) is 1. The van der Waals surface area contributed by atoms with Crippen LogP contribution in [0, 0.1) is 0 Å². The molecule has 1 aromatic heterocycles. The van der Waals surface area contributed by atoms with Gasteiger partial charge in [0.1, 0.15) is 5.75 Å². The van der Waals surface area contributed by atoms with Crippen molar-refractivity contribution in [1.29, 1.82) is 0 Å². The molecule has 6 rings (SSSR count). The zero-order chi connectivity index (χ0) is 22.4. The van der Waals surface area contributed by atoms with E-state index in [9.17, 15) is 4.79 Å². The van der Waals surface area contributed by atoms with Gasteiger partial charge in [-0.1, -0.05) is 66.7 Å². The molecule has 1 atom stereocenters. The number of fused-ring (bicyclic) bond motifs is 4. The summed E-state index contributed by atoms with van der Waals surface area (Å²) in [5.74, 6) is 0.598. The maximum Gasteiger partial charge on any atom is 0.259 e. The van der Waals surface area contributed by atoms with Crippen LogP contribution in [0.3, 0.4) is 0 Å². The molecule has 0 aliphatic carbocycles. The summed E-state index contributed by atoms with van der Waals surface area (Å²) in [6.07, 6.45) is 2.03. The molecule has 0 radical (unpaired) electrons. The second-order valence-corrected chi connectivity index (χ2v) is 8.20. The third-order valence-corrected chi connectivity index (χ3v) is 6.42. The summed E-state index contributed by atoms with van der Waals surface area (Å²) in [5, 5.41) is 1.11. The summed E-state index contributed by atoms with van der Waals surface area (Å²) >= 11 is 0. The van der Waals surface area contributed by atoms with Gasteiger partial charge >= 0.3 is 0 Å². The summed E-state index contributed by atoms with van der Waals surface area (Å²) in [5.41, 5.74) is 6.94. The van der Waals surface area contributed by atoms with Gasteiger partial charge in [-0.3, -0.25) is 9.69 Å². The molecule has 2 heterocycles. The van der Waals surface area contributed by atoms with E-state index in [0.29, 0.717) is 11.3 Å². The van der Waals surface area contributed by atoms with Crippen LogP contribution in [0.1, 0.15) is 27.5 Å². The van der Waals surface area contributed by atoms with Crippen molar-refractivity contribution in [3.05, 3.63) is 120 Å². The van der Waals surface area contributed by atoms with Gasteiger partial charge in [0.25, 0.3) is 5.91 Å². The molecule has 0 saturated carbocycles. The molecule has 1 aliphatic heterocycles. The van der Waals surface area contributed by atoms with E-state index < -0.39 is 0 Å². The molecule has 4 nitrogen and oxygen atoms in total. The Morgan fingerprint density at radius 2 is 1.58 bits per heavy atom. The Morgan fingerprint density at radius 3 is 2.45 bits per heavy atom. The number of para-hydroxylation sites is 2. The third kappa shape index (κ3) is 3.03. The number of H-pyrrole nitrogens is 1. The van der Waals surface area contributed by atoms with Gasteiger partial charge in [-0.15, -0.1) is 0 Å². The van der Waals surface area contributed by atoms with Crippen molar-refractivity contribution in [2.45, 2.75) is 6.04 Å². The first-order chi connectivity index (χ1) is 16.3. The van der Waals surface area contributed by atoms with Crippen molar-refractivity contribution >= 4 is 22.5 Å². The first-order valence-electron chi connectivity index (χ1n) is 11.0. The van der Waals surface area contributed by atoms with Gasteiger partial charge in [0.2, 0.25) is 0 Å². The van der Waals surface area contributed by atoms with Gasteiger partial charge in [-0.05, 0) is 41.5 Å². The highest BCUT2D eigenvalue weighted by Gasteiger charge is 2.37. The van der Waals surface area contributed by atoms with Gasteiger partial charge in [0, 0.05) is 33.8 Å². The number of carbonyl (C=O) groups excluding carboxylic acids is 1. The first-order valence-corrected chi connectivity index (χ1v) is 11.0. The van der Waals surface area contributed by atoms with Crippen molar-refractivity contribution < 1.29 is 9.53 Å². The first kappa shape index (κ1) is 19.4. The molecule has 1 amide bonds. The van der Waals surface area contributed by atoms with Gasteiger partial charge in [-0.2, -0.15) is 0 Å². The van der Waals surface area contributed by atoms with Crippen LogP contribution in [-0.2, 0) is 0 Å². The number of ether oxygens (including phenoxy) is 1. The topological polar surface area (TPSA) is 45.3 Å². The van der Waals surface area contributed by atoms with Gasteiger partial charge in [0.15, 0.2) is 0 Å². The van der Waals surface area contributed by atoms with E-state index in [1.807, 2.05) is 65.7 Å². The summed E-state index contributed by atoms with van der Waals surface area (Å²) in [7, 11) is 1.62. The number of hydrogen-bond acceptors (Lipinski definition) is 2. The second kappa shape index (κ2) is 7.68. The van der Waals surface area contributed by atoms with Crippen LogP contribution in [0.2, 0.25) is 0 Å². The largest absolute Gasteiger partial charge is 0.497 e. The van der Waals surface area contributed by atoms with E-state index in [1.165, 1.54) is 0 Å². The highest BCUT2D eigenvalue weighted by atomic mass is 16.5. The third-order valence-electron chi connectivity index (χ3n) is 6.42. The Balaban J connectivity index is 1.63. The molecule has 160 valence electrons. The Hall–Kier alpha value is -4.31. The summed E-state index contributed by atoms with van der Waals surface area (Å²) in [6, 6.07) is 31.8. The van der Waals surface area contributed by atoms with Crippen molar-refractivity contribution in [1.82, 2.24) is 4.98 Å². The van der Waals surface area contributed by atoms with Crippen LogP contribution in [0.5, 0.6) is 5.75 Å². The van der Waals surface area contributed by atoms with Crippen LogP contribution in [0.4, 0.5) is 5.69 Å². The molecule has 4 aromatic carbocycles. The fourth-order valence-electron chi connectivity index (χ4n) is 4.92. The maximum atomic E-state index is 14.1. The number of methoxy groups -OCH3 is 1. The smallest absolute Gasteiger partial charge is 0.259 e. The SMILES string of the molecule is COc1cccc(C(=O)N2c3ccccc3-c3ccccc3C2c2c[nH]c3ccccc23)c1. The molecular weight excluding hydrogens is 408 g/mol. The highest BCUT2D eigenvalue weighted by molar-refractivity contribution is 6.11. The number of amides is 1. The van der Waals surface area contributed by atoms with Crippen molar-refractivity contribution in [2.24, 2.45) is 0 Å². The average molecular weight is 431 g/mol. The quantitative estimate of drug-likeness (QED) is 0.351. The van der Waals surface area contributed by atoms with E-state index in [-0.39, 0.29) is 11.9 Å².